The first-order valence-electron chi connectivity index (χ1n) is 10.3. The molecule has 6 heteroatoms. The average molecular weight is 424 g/mol. The number of methoxy groups -OCH3 is 2. The van der Waals surface area contributed by atoms with E-state index in [1.807, 2.05) is 51.1 Å². The van der Waals surface area contributed by atoms with Crippen molar-refractivity contribution in [2.75, 3.05) is 34.0 Å². The number of allylic oxidation sites excluding steroid dienone is 1. The number of rotatable bonds is 9. The number of benzene rings is 2. The van der Waals surface area contributed by atoms with Gasteiger partial charge >= 0.3 is 0 Å². The molecule has 1 heterocycles. The summed E-state index contributed by atoms with van der Waals surface area (Å²) < 4.78 is 22.1. The SMILES string of the molecule is CCOc1c(/C(C)=C/C(=O)NCCOC)cc2c(-c3ccc(OC)cc3)coc2c1C. The highest BCUT2D eigenvalue weighted by atomic mass is 16.5. The third kappa shape index (κ3) is 4.91. The van der Waals surface area contributed by atoms with E-state index in [1.165, 1.54) is 0 Å². The van der Waals surface area contributed by atoms with E-state index in [0.717, 1.165) is 50.3 Å². The molecule has 164 valence electrons. The molecule has 1 amide bonds. The van der Waals surface area contributed by atoms with E-state index in [-0.39, 0.29) is 5.91 Å². The predicted octanol–water partition coefficient (Wildman–Crippen LogP) is 4.98. The van der Waals surface area contributed by atoms with Crippen LogP contribution in [-0.4, -0.2) is 39.9 Å². The van der Waals surface area contributed by atoms with Crippen LogP contribution in [0.25, 0.3) is 27.7 Å². The Morgan fingerprint density at radius 1 is 1.19 bits per heavy atom. The van der Waals surface area contributed by atoms with Crippen molar-refractivity contribution in [3.8, 4) is 22.6 Å². The van der Waals surface area contributed by atoms with Crippen LogP contribution in [-0.2, 0) is 9.53 Å². The molecule has 0 fully saturated rings. The zero-order chi connectivity index (χ0) is 22.4. The summed E-state index contributed by atoms with van der Waals surface area (Å²) in [6.45, 7) is 7.26. The van der Waals surface area contributed by atoms with Crippen molar-refractivity contribution in [2.45, 2.75) is 20.8 Å². The maximum absolute atomic E-state index is 12.3. The molecule has 0 aliphatic carbocycles. The molecule has 0 aliphatic heterocycles. The Kier molecular flexibility index (Phi) is 7.36. The number of carbonyl (C=O) groups is 1. The van der Waals surface area contributed by atoms with Crippen LogP contribution in [0.4, 0.5) is 0 Å². The number of aryl methyl sites for hydroxylation is 1. The van der Waals surface area contributed by atoms with Gasteiger partial charge in [0.15, 0.2) is 0 Å². The number of carbonyl (C=O) groups excluding carboxylic acids is 1. The summed E-state index contributed by atoms with van der Waals surface area (Å²) in [7, 11) is 3.25. The maximum Gasteiger partial charge on any atom is 0.244 e. The Hall–Kier alpha value is -3.25. The van der Waals surface area contributed by atoms with Crippen LogP contribution >= 0.6 is 0 Å². The highest BCUT2D eigenvalue weighted by Gasteiger charge is 2.19. The predicted molar refractivity (Wildman–Crippen MR) is 123 cm³/mol. The van der Waals surface area contributed by atoms with Crippen LogP contribution in [0.1, 0.15) is 25.0 Å². The summed E-state index contributed by atoms with van der Waals surface area (Å²) in [6, 6.07) is 9.88. The molecule has 0 spiro atoms. The molecule has 0 saturated heterocycles. The van der Waals surface area contributed by atoms with Gasteiger partial charge < -0.3 is 23.9 Å². The molecule has 0 radical (unpaired) electrons. The van der Waals surface area contributed by atoms with E-state index in [1.54, 1.807) is 26.6 Å². The van der Waals surface area contributed by atoms with Crippen molar-refractivity contribution in [1.29, 1.82) is 0 Å². The van der Waals surface area contributed by atoms with Gasteiger partial charge in [-0.3, -0.25) is 4.79 Å². The number of hydrogen-bond acceptors (Lipinski definition) is 5. The number of amides is 1. The van der Waals surface area contributed by atoms with E-state index in [4.69, 9.17) is 18.6 Å². The minimum absolute atomic E-state index is 0.169. The number of nitrogens with one attached hydrogen (secondary N) is 1. The largest absolute Gasteiger partial charge is 0.497 e. The van der Waals surface area contributed by atoms with Crippen molar-refractivity contribution in [3.05, 3.63) is 53.8 Å². The Balaban J connectivity index is 2.08. The summed E-state index contributed by atoms with van der Waals surface area (Å²) in [5.41, 5.74) is 5.35. The fourth-order valence-electron chi connectivity index (χ4n) is 3.53. The fraction of sp³-hybridized carbons (Fsp3) is 0.320. The monoisotopic (exact) mass is 423 g/mol. The quantitative estimate of drug-likeness (QED) is 0.388. The van der Waals surface area contributed by atoms with Crippen molar-refractivity contribution in [1.82, 2.24) is 5.32 Å². The molecule has 1 aromatic heterocycles. The van der Waals surface area contributed by atoms with Crippen molar-refractivity contribution in [2.24, 2.45) is 0 Å². The zero-order valence-corrected chi connectivity index (χ0v) is 18.7. The zero-order valence-electron chi connectivity index (χ0n) is 18.7. The fourth-order valence-corrected chi connectivity index (χ4v) is 3.53. The van der Waals surface area contributed by atoms with Gasteiger partial charge in [0.05, 0.1) is 26.6 Å². The molecule has 0 bridgehead atoms. The van der Waals surface area contributed by atoms with Gasteiger partial charge in [-0.25, -0.2) is 0 Å². The average Bonchev–Trinajstić information content (AvgIpc) is 3.20. The lowest BCUT2D eigenvalue weighted by atomic mass is 9.96. The van der Waals surface area contributed by atoms with Crippen LogP contribution in [0.3, 0.4) is 0 Å². The van der Waals surface area contributed by atoms with Crippen LogP contribution in [0.2, 0.25) is 0 Å². The van der Waals surface area contributed by atoms with E-state index >= 15 is 0 Å². The molecule has 0 aliphatic rings. The first kappa shape index (κ1) is 22.4. The second-order valence-corrected chi connectivity index (χ2v) is 7.18. The van der Waals surface area contributed by atoms with Crippen LogP contribution in [0, 0.1) is 6.92 Å². The summed E-state index contributed by atoms with van der Waals surface area (Å²) in [6.07, 6.45) is 3.35. The molecule has 31 heavy (non-hydrogen) atoms. The van der Waals surface area contributed by atoms with Gasteiger partial charge in [-0.1, -0.05) is 12.1 Å². The molecule has 0 atom stereocenters. The van der Waals surface area contributed by atoms with Gasteiger partial charge in [0.1, 0.15) is 17.1 Å². The lowest BCUT2D eigenvalue weighted by Gasteiger charge is -2.15. The van der Waals surface area contributed by atoms with E-state index in [2.05, 4.69) is 5.32 Å². The number of ether oxygens (including phenoxy) is 3. The summed E-state index contributed by atoms with van der Waals surface area (Å²) in [5, 5.41) is 3.79. The lowest BCUT2D eigenvalue weighted by Crippen LogP contribution is -2.25. The van der Waals surface area contributed by atoms with Crippen molar-refractivity contribution in [3.63, 3.8) is 0 Å². The van der Waals surface area contributed by atoms with E-state index in [9.17, 15) is 4.79 Å². The van der Waals surface area contributed by atoms with E-state index in [0.29, 0.717) is 19.8 Å². The van der Waals surface area contributed by atoms with Crippen molar-refractivity contribution >= 4 is 22.4 Å². The highest BCUT2D eigenvalue weighted by Crippen LogP contribution is 2.41. The summed E-state index contributed by atoms with van der Waals surface area (Å²) in [4.78, 5) is 12.3. The molecular weight excluding hydrogens is 394 g/mol. The minimum atomic E-state index is -0.169. The van der Waals surface area contributed by atoms with Gasteiger partial charge in [0.25, 0.3) is 0 Å². The summed E-state index contributed by atoms with van der Waals surface area (Å²) in [5.74, 6) is 1.35. The Morgan fingerprint density at radius 2 is 1.94 bits per heavy atom. The molecule has 6 nitrogen and oxygen atoms in total. The minimum Gasteiger partial charge on any atom is -0.497 e. The third-order valence-corrected chi connectivity index (χ3v) is 5.11. The molecule has 3 aromatic rings. The second kappa shape index (κ2) is 10.2. The molecular formula is C25H29NO5. The number of furan rings is 1. The lowest BCUT2D eigenvalue weighted by molar-refractivity contribution is -0.116. The number of hydrogen-bond donors (Lipinski definition) is 1. The van der Waals surface area contributed by atoms with E-state index < -0.39 is 0 Å². The Bertz CT molecular complexity index is 1080. The number of fused-ring (bicyclic) bond motifs is 1. The Labute approximate surface area is 182 Å². The van der Waals surface area contributed by atoms with Gasteiger partial charge in [-0.2, -0.15) is 0 Å². The second-order valence-electron chi connectivity index (χ2n) is 7.18. The van der Waals surface area contributed by atoms with Gasteiger partial charge in [-0.05, 0) is 50.1 Å². The first-order chi connectivity index (χ1) is 15.0. The smallest absolute Gasteiger partial charge is 0.244 e. The summed E-state index contributed by atoms with van der Waals surface area (Å²) >= 11 is 0. The van der Waals surface area contributed by atoms with Crippen molar-refractivity contribution < 1.29 is 23.4 Å². The van der Waals surface area contributed by atoms with Crippen LogP contribution in [0.5, 0.6) is 11.5 Å². The third-order valence-electron chi connectivity index (χ3n) is 5.11. The maximum atomic E-state index is 12.3. The molecule has 2 aromatic carbocycles. The normalized spacial score (nSPS) is 11.6. The standard InChI is InChI=1S/C25H29NO5/c1-6-30-24-17(3)25-21(14-20(24)16(2)13-23(27)26-11-12-28-4)22(15-31-25)18-7-9-19(29-5)10-8-18/h7-10,13-15H,6,11-12H2,1-5H3,(H,26,27)/b16-13+. The molecule has 1 N–H and O–H groups in total. The first-order valence-corrected chi connectivity index (χ1v) is 10.3. The van der Waals surface area contributed by atoms with Crippen LogP contribution in [0.15, 0.2) is 47.1 Å². The highest BCUT2D eigenvalue weighted by molar-refractivity contribution is 6.01. The molecule has 0 saturated carbocycles. The van der Waals surface area contributed by atoms with Gasteiger partial charge in [-0.15, -0.1) is 0 Å². The van der Waals surface area contributed by atoms with Gasteiger partial charge in [0, 0.05) is 41.8 Å². The molecule has 3 rings (SSSR count). The van der Waals surface area contributed by atoms with Gasteiger partial charge in [0.2, 0.25) is 5.91 Å². The Morgan fingerprint density at radius 3 is 2.58 bits per heavy atom. The molecule has 0 unspecified atom stereocenters. The van der Waals surface area contributed by atoms with Crippen LogP contribution < -0.4 is 14.8 Å². The topological polar surface area (TPSA) is 69.9 Å².